The molecule has 0 aliphatic heterocycles. The minimum atomic E-state index is 0.614. The van der Waals surface area contributed by atoms with E-state index in [0.29, 0.717) is 17.5 Å². The van der Waals surface area contributed by atoms with Crippen molar-refractivity contribution in [2.75, 3.05) is 0 Å². The van der Waals surface area contributed by atoms with Crippen LogP contribution in [0.15, 0.2) is 194 Å². The molecule has 0 unspecified atom stereocenters. The van der Waals surface area contributed by atoms with Gasteiger partial charge in [-0.15, -0.1) is 0 Å². The summed E-state index contributed by atoms with van der Waals surface area (Å²) in [6.45, 7) is 0. The van der Waals surface area contributed by atoms with Gasteiger partial charge in [0.15, 0.2) is 17.5 Å². The van der Waals surface area contributed by atoms with Gasteiger partial charge in [0.2, 0.25) is 0 Å². The molecule has 4 nitrogen and oxygen atoms in total. The van der Waals surface area contributed by atoms with Crippen LogP contribution in [0.4, 0.5) is 0 Å². The zero-order valence-corrected chi connectivity index (χ0v) is 29.3. The number of hydrogen-bond donors (Lipinski definition) is 0. The first-order valence-corrected chi connectivity index (χ1v) is 18.1. The summed E-state index contributed by atoms with van der Waals surface area (Å²) >= 11 is 0. The molecule has 10 aromatic rings. The van der Waals surface area contributed by atoms with Crippen molar-refractivity contribution in [3.05, 3.63) is 194 Å². The third kappa shape index (κ3) is 5.86. The number of benzene rings is 8. The van der Waals surface area contributed by atoms with Gasteiger partial charge in [0.05, 0.1) is 11.2 Å². The zero-order valence-electron chi connectivity index (χ0n) is 29.3. The topological polar surface area (TPSA) is 51.6 Å². The van der Waals surface area contributed by atoms with E-state index < -0.39 is 0 Å². The van der Waals surface area contributed by atoms with Gasteiger partial charge in [0.1, 0.15) is 0 Å². The Morgan fingerprint density at radius 1 is 0.241 bits per heavy atom. The third-order valence-electron chi connectivity index (χ3n) is 10.1. The molecule has 0 aliphatic rings. The Hall–Kier alpha value is -7.30. The van der Waals surface area contributed by atoms with Crippen molar-refractivity contribution in [2.24, 2.45) is 0 Å². The lowest BCUT2D eigenvalue weighted by atomic mass is 9.96. The molecule has 0 spiro atoms. The van der Waals surface area contributed by atoms with Crippen molar-refractivity contribution >= 4 is 32.4 Å². The van der Waals surface area contributed by atoms with Gasteiger partial charge in [-0.3, -0.25) is 0 Å². The fourth-order valence-corrected chi connectivity index (χ4v) is 7.28. The van der Waals surface area contributed by atoms with Crippen LogP contribution in [0.1, 0.15) is 0 Å². The summed E-state index contributed by atoms with van der Waals surface area (Å²) in [4.78, 5) is 20.3. The lowest BCUT2D eigenvalue weighted by molar-refractivity contribution is 1.07. The Bertz CT molecular complexity index is 2840. The highest BCUT2D eigenvalue weighted by Gasteiger charge is 2.15. The molecule has 54 heavy (non-hydrogen) atoms. The Labute approximate surface area is 313 Å². The Kier molecular flexibility index (Phi) is 7.77. The van der Waals surface area contributed by atoms with Crippen LogP contribution in [0.2, 0.25) is 0 Å². The molecule has 2 aromatic heterocycles. The Morgan fingerprint density at radius 2 is 0.611 bits per heavy atom. The van der Waals surface area contributed by atoms with Gasteiger partial charge in [-0.2, -0.15) is 0 Å². The van der Waals surface area contributed by atoms with Gasteiger partial charge in [-0.25, -0.2) is 19.9 Å². The smallest absolute Gasteiger partial charge is 0.164 e. The van der Waals surface area contributed by atoms with E-state index in [1.54, 1.807) is 0 Å². The number of nitrogens with zero attached hydrogens (tertiary/aromatic N) is 4. The fraction of sp³-hybridized carbons (Fsp3) is 0. The van der Waals surface area contributed by atoms with E-state index in [1.807, 2.05) is 12.1 Å². The number of fused-ring (bicyclic) bond motifs is 4. The maximum Gasteiger partial charge on any atom is 0.164 e. The molecule has 252 valence electrons. The quantitative estimate of drug-likeness (QED) is 0.129. The minimum absolute atomic E-state index is 0.614. The van der Waals surface area contributed by atoms with Crippen LogP contribution in [0, 0.1) is 0 Å². The number of pyridine rings is 1. The fourth-order valence-electron chi connectivity index (χ4n) is 7.28. The number of hydrogen-bond acceptors (Lipinski definition) is 4. The number of aromatic nitrogens is 4. The molecule has 0 atom stereocenters. The summed E-state index contributed by atoms with van der Waals surface area (Å²) in [5.74, 6) is 1.86. The van der Waals surface area contributed by atoms with E-state index in [9.17, 15) is 0 Å². The summed E-state index contributed by atoms with van der Waals surface area (Å²) in [5.41, 5.74) is 10.3. The first-order valence-electron chi connectivity index (χ1n) is 18.1. The van der Waals surface area contributed by atoms with Crippen LogP contribution in [-0.2, 0) is 0 Å². The predicted molar refractivity (Wildman–Crippen MR) is 223 cm³/mol. The summed E-state index contributed by atoms with van der Waals surface area (Å²) < 4.78 is 0. The van der Waals surface area contributed by atoms with Crippen LogP contribution in [-0.4, -0.2) is 19.9 Å². The summed E-state index contributed by atoms with van der Waals surface area (Å²) in [7, 11) is 0. The summed E-state index contributed by atoms with van der Waals surface area (Å²) in [6, 6.07) is 67.6. The first-order chi connectivity index (χ1) is 26.7. The molecule has 0 bridgehead atoms. The lowest BCUT2D eigenvalue weighted by Crippen LogP contribution is -2.00. The van der Waals surface area contributed by atoms with Gasteiger partial charge >= 0.3 is 0 Å². The Morgan fingerprint density at radius 3 is 1.11 bits per heavy atom. The molecule has 0 N–H and O–H groups in total. The predicted octanol–water partition coefficient (Wildman–Crippen LogP) is 12.7. The molecule has 0 fully saturated rings. The van der Waals surface area contributed by atoms with Gasteiger partial charge in [0, 0.05) is 33.0 Å². The molecule has 2 heterocycles. The number of para-hydroxylation sites is 1. The highest BCUT2D eigenvalue weighted by Crippen LogP contribution is 2.36. The van der Waals surface area contributed by atoms with Gasteiger partial charge in [0.25, 0.3) is 0 Å². The standard InChI is InChI=1S/C50H32N4/c1-3-11-33(12-4-1)35-19-25-38(26-20-35)48-52-49(39-27-21-36(22-28-39)34-13-5-2-6-14-34)54-50(53-48)40-29-23-37(24-30-40)47-45-32-42-16-8-7-15-41(42)31-44(45)43-17-9-10-18-46(43)51-47/h1-32H. The highest BCUT2D eigenvalue weighted by molar-refractivity contribution is 6.15. The first kappa shape index (κ1) is 31.4. The second-order valence-corrected chi connectivity index (χ2v) is 13.5. The highest BCUT2D eigenvalue weighted by atomic mass is 15.0. The molecular weight excluding hydrogens is 657 g/mol. The van der Waals surface area contributed by atoms with Crippen molar-refractivity contribution in [3.8, 4) is 67.7 Å². The Balaban J connectivity index is 1.07. The van der Waals surface area contributed by atoms with Crippen LogP contribution >= 0.6 is 0 Å². The third-order valence-corrected chi connectivity index (χ3v) is 10.1. The van der Waals surface area contributed by atoms with Gasteiger partial charge < -0.3 is 0 Å². The van der Waals surface area contributed by atoms with Crippen molar-refractivity contribution < 1.29 is 0 Å². The molecule has 8 aromatic carbocycles. The molecule has 0 amide bonds. The van der Waals surface area contributed by atoms with Crippen LogP contribution in [0.3, 0.4) is 0 Å². The van der Waals surface area contributed by atoms with E-state index in [4.69, 9.17) is 19.9 Å². The van der Waals surface area contributed by atoms with Crippen LogP contribution < -0.4 is 0 Å². The number of rotatable bonds is 6. The molecular formula is C50H32N4. The van der Waals surface area contributed by atoms with Crippen LogP contribution in [0.25, 0.3) is 100 Å². The van der Waals surface area contributed by atoms with E-state index in [1.165, 1.54) is 27.3 Å². The maximum atomic E-state index is 5.21. The molecule has 0 radical (unpaired) electrons. The van der Waals surface area contributed by atoms with Crippen molar-refractivity contribution in [3.63, 3.8) is 0 Å². The van der Waals surface area contributed by atoms with Gasteiger partial charge in [-0.05, 0) is 56.6 Å². The average molecular weight is 689 g/mol. The second-order valence-electron chi connectivity index (χ2n) is 13.5. The normalized spacial score (nSPS) is 11.3. The van der Waals surface area contributed by atoms with Crippen molar-refractivity contribution in [1.29, 1.82) is 0 Å². The maximum absolute atomic E-state index is 5.21. The molecule has 0 aliphatic carbocycles. The zero-order chi connectivity index (χ0) is 35.8. The minimum Gasteiger partial charge on any atom is -0.247 e. The molecule has 4 heteroatoms. The largest absolute Gasteiger partial charge is 0.247 e. The SMILES string of the molecule is c1ccc(-c2ccc(-c3nc(-c4ccc(-c5ccccc5)cc4)nc(-c4ccc(-c5nc6ccccc6c6cc7ccccc7cc56)cc4)n3)cc2)cc1. The molecule has 10 rings (SSSR count). The van der Waals surface area contributed by atoms with E-state index in [2.05, 4.69) is 182 Å². The summed E-state index contributed by atoms with van der Waals surface area (Å²) in [6.07, 6.45) is 0. The van der Waals surface area contributed by atoms with E-state index in [0.717, 1.165) is 55.4 Å². The second kappa shape index (κ2) is 13.4. The lowest BCUT2D eigenvalue weighted by Gasteiger charge is -2.13. The summed E-state index contributed by atoms with van der Waals surface area (Å²) in [5, 5.41) is 5.88. The van der Waals surface area contributed by atoms with Crippen molar-refractivity contribution in [2.45, 2.75) is 0 Å². The van der Waals surface area contributed by atoms with E-state index in [-0.39, 0.29) is 0 Å². The van der Waals surface area contributed by atoms with Crippen molar-refractivity contribution in [1.82, 2.24) is 19.9 Å². The van der Waals surface area contributed by atoms with Gasteiger partial charge in [-0.1, -0.05) is 176 Å². The van der Waals surface area contributed by atoms with E-state index >= 15 is 0 Å². The average Bonchev–Trinajstić information content (AvgIpc) is 3.26. The molecule has 0 saturated heterocycles. The van der Waals surface area contributed by atoms with Crippen LogP contribution in [0.5, 0.6) is 0 Å². The molecule has 0 saturated carbocycles. The monoisotopic (exact) mass is 688 g/mol.